The van der Waals surface area contributed by atoms with Gasteiger partial charge in [-0.1, -0.05) is 55.3 Å². The molecule has 0 aliphatic carbocycles. The molecule has 0 bridgehead atoms. The number of rotatable bonds is 4. The third kappa shape index (κ3) is 3.14. The number of aliphatic hydroxyl groups is 1. The molecule has 1 atom stereocenters. The molecule has 2 rings (SSSR count). The Balaban J connectivity index is 2.31. The van der Waals surface area contributed by atoms with Gasteiger partial charge in [0.15, 0.2) is 0 Å². The first-order valence-electron chi connectivity index (χ1n) is 6.34. The lowest BCUT2D eigenvalue weighted by Gasteiger charge is -2.14. The second-order valence-corrected chi connectivity index (χ2v) is 4.94. The average molecular weight is 279 g/mol. The maximum absolute atomic E-state index is 13.7. The van der Waals surface area contributed by atoms with Crippen LogP contribution in [-0.2, 0) is 6.42 Å². The van der Waals surface area contributed by atoms with Crippen molar-refractivity contribution in [3.05, 3.63) is 70.0 Å². The lowest BCUT2D eigenvalue weighted by Crippen LogP contribution is -2.03. The van der Waals surface area contributed by atoms with Crippen LogP contribution in [0.25, 0.3) is 0 Å². The van der Waals surface area contributed by atoms with Gasteiger partial charge in [-0.3, -0.25) is 0 Å². The highest BCUT2D eigenvalue weighted by molar-refractivity contribution is 6.31. The summed E-state index contributed by atoms with van der Waals surface area (Å²) >= 11 is 5.96. The zero-order chi connectivity index (χ0) is 13.8. The fraction of sp³-hybridized carbons (Fsp3) is 0.250. The molecule has 0 saturated carbocycles. The van der Waals surface area contributed by atoms with Gasteiger partial charge in [0.1, 0.15) is 11.9 Å². The van der Waals surface area contributed by atoms with E-state index in [9.17, 15) is 9.50 Å². The minimum absolute atomic E-state index is 0.132. The van der Waals surface area contributed by atoms with E-state index in [0.717, 1.165) is 12.8 Å². The zero-order valence-corrected chi connectivity index (χ0v) is 11.5. The lowest BCUT2D eigenvalue weighted by molar-refractivity contribution is 0.215. The highest BCUT2D eigenvalue weighted by atomic mass is 35.5. The van der Waals surface area contributed by atoms with Crippen LogP contribution >= 0.6 is 11.6 Å². The Bertz CT molecular complexity index is 531. The van der Waals surface area contributed by atoms with Gasteiger partial charge >= 0.3 is 0 Å². The summed E-state index contributed by atoms with van der Waals surface area (Å²) in [5.41, 5.74) is 1.98. The molecule has 1 unspecified atom stereocenters. The minimum Gasteiger partial charge on any atom is -0.383 e. The SMILES string of the molecule is CCCc1ccc(C(O)c2c(F)cccc2Cl)cc1. The van der Waals surface area contributed by atoms with Crippen molar-refractivity contribution in [3.8, 4) is 0 Å². The molecule has 2 aromatic carbocycles. The van der Waals surface area contributed by atoms with E-state index in [4.69, 9.17) is 11.6 Å². The molecule has 19 heavy (non-hydrogen) atoms. The van der Waals surface area contributed by atoms with Crippen molar-refractivity contribution < 1.29 is 9.50 Å². The molecule has 1 nitrogen and oxygen atoms in total. The molecule has 0 saturated heterocycles. The second-order valence-electron chi connectivity index (χ2n) is 4.53. The van der Waals surface area contributed by atoms with E-state index < -0.39 is 11.9 Å². The van der Waals surface area contributed by atoms with E-state index in [0.29, 0.717) is 5.56 Å². The van der Waals surface area contributed by atoms with Crippen molar-refractivity contribution in [1.29, 1.82) is 0 Å². The summed E-state index contributed by atoms with van der Waals surface area (Å²) < 4.78 is 13.7. The predicted octanol–water partition coefficient (Wildman–Crippen LogP) is 4.51. The van der Waals surface area contributed by atoms with Gasteiger partial charge in [0.25, 0.3) is 0 Å². The van der Waals surface area contributed by atoms with Crippen molar-refractivity contribution in [2.75, 3.05) is 0 Å². The molecule has 0 aliphatic rings. The number of aliphatic hydroxyl groups excluding tert-OH is 1. The zero-order valence-electron chi connectivity index (χ0n) is 10.7. The molecular formula is C16H16ClFO. The molecule has 0 radical (unpaired) electrons. The van der Waals surface area contributed by atoms with Crippen LogP contribution in [0.15, 0.2) is 42.5 Å². The van der Waals surface area contributed by atoms with Crippen LogP contribution in [-0.4, -0.2) is 5.11 Å². The Morgan fingerprint density at radius 2 is 1.84 bits per heavy atom. The van der Waals surface area contributed by atoms with Gasteiger partial charge in [0.05, 0.1) is 0 Å². The van der Waals surface area contributed by atoms with Gasteiger partial charge in [0.2, 0.25) is 0 Å². The summed E-state index contributed by atoms with van der Waals surface area (Å²) in [5.74, 6) is -0.488. The predicted molar refractivity (Wildman–Crippen MR) is 75.9 cm³/mol. The van der Waals surface area contributed by atoms with E-state index >= 15 is 0 Å². The molecular weight excluding hydrogens is 263 g/mol. The molecule has 2 aromatic rings. The lowest BCUT2D eigenvalue weighted by atomic mass is 9.99. The third-order valence-electron chi connectivity index (χ3n) is 3.11. The van der Waals surface area contributed by atoms with Crippen molar-refractivity contribution in [2.45, 2.75) is 25.9 Å². The standard InChI is InChI=1S/C16H16ClFO/c1-2-4-11-7-9-12(10-8-11)16(19)15-13(17)5-3-6-14(15)18/h3,5-10,16,19H,2,4H2,1H3. The summed E-state index contributed by atoms with van der Waals surface area (Å²) in [5, 5.41) is 10.5. The van der Waals surface area contributed by atoms with Crippen LogP contribution in [0.5, 0.6) is 0 Å². The first-order chi connectivity index (χ1) is 9.13. The van der Waals surface area contributed by atoms with Crippen LogP contribution in [0.1, 0.15) is 36.1 Å². The molecule has 0 amide bonds. The third-order valence-corrected chi connectivity index (χ3v) is 3.44. The molecule has 3 heteroatoms. The van der Waals surface area contributed by atoms with Gasteiger partial charge < -0.3 is 5.11 Å². The van der Waals surface area contributed by atoms with Gasteiger partial charge in [-0.15, -0.1) is 0 Å². The van der Waals surface area contributed by atoms with Crippen LogP contribution in [0.3, 0.4) is 0 Å². The fourth-order valence-electron chi connectivity index (χ4n) is 2.09. The molecule has 0 fully saturated rings. The maximum Gasteiger partial charge on any atom is 0.130 e. The number of halogens is 2. The van der Waals surface area contributed by atoms with Crippen LogP contribution in [0, 0.1) is 5.82 Å². The molecule has 0 aromatic heterocycles. The van der Waals surface area contributed by atoms with Crippen LogP contribution in [0.4, 0.5) is 4.39 Å². The van der Waals surface area contributed by atoms with Gasteiger partial charge in [-0.05, 0) is 29.7 Å². The van der Waals surface area contributed by atoms with Crippen LogP contribution in [0.2, 0.25) is 5.02 Å². The highest BCUT2D eigenvalue weighted by Gasteiger charge is 2.18. The Morgan fingerprint density at radius 1 is 1.16 bits per heavy atom. The summed E-state index contributed by atoms with van der Waals surface area (Å²) in [6, 6.07) is 12.0. The normalized spacial score (nSPS) is 12.4. The topological polar surface area (TPSA) is 20.2 Å². The van der Waals surface area contributed by atoms with Crippen molar-refractivity contribution in [2.24, 2.45) is 0 Å². The summed E-state index contributed by atoms with van der Waals surface area (Å²) in [4.78, 5) is 0. The van der Waals surface area contributed by atoms with Crippen molar-refractivity contribution in [3.63, 3.8) is 0 Å². The number of hydrogen-bond donors (Lipinski definition) is 1. The Morgan fingerprint density at radius 3 is 2.42 bits per heavy atom. The summed E-state index contributed by atoms with van der Waals surface area (Å²) in [7, 11) is 0. The molecule has 0 spiro atoms. The number of aryl methyl sites for hydroxylation is 1. The van der Waals surface area contributed by atoms with Gasteiger partial charge in [-0.25, -0.2) is 4.39 Å². The Labute approximate surface area is 117 Å². The van der Waals surface area contributed by atoms with Gasteiger partial charge in [0, 0.05) is 10.6 Å². The average Bonchev–Trinajstić information content (AvgIpc) is 2.39. The first-order valence-corrected chi connectivity index (χ1v) is 6.72. The largest absolute Gasteiger partial charge is 0.383 e. The molecule has 0 heterocycles. The summed E-state index contributed by atoms with van der Waals surface area (Å²) in [6.07, 6.45) is 1.03. The maximum atomic E-state index is 13.7. The molecule has 1 N–H and O–H groups in total. The highest BCUT2D eigenvalue weighted by Crippen LogP contribution is 2.30. The summed E-state index contributed by atoms with van der Waals surface area (Å²) in [6.45, 7) is 2.11. The van der Waals surface area contributed by atoms with E-state index in [1.54, 1.807) is 6.07 Å². The smallest absolute Gasteiger partial charge is 0.130 e. The molecule has 0 aliphatic heterocycles. The fourth-order valence-corrected chi connectivity index (χ4v) is 2.36. The Kier molecular flexibility index (Phi) is 4.56. The van der Waals surface area contributed by atoms with E-state index in [2.05, 4.69) is 6.92 Å². The van der Waals surface area contributed by atoms with E-state index in [1.165, 1.54) is 17.7 Å². The van der Waals surface area contributed by atoms with Crippen molar-refractivity contribution >= 4 is 11.6 Å². The second kappa shape index (κ2) is 6.18. The first kappa shape index (κ1) is 14.0. The number of benzene rings is 2. The van der Waals surface area contributed by atoms with Gasteiger partial charge in [-0.2, -0.15) is 0 Å². The number of hydrogen-bond acceptors (Lipinski definition) is 1. The van der Waals surface area contributed by atoms with E-state index in [-0.39, 0.29) is 10.6 Å². The molecule has 100 valence electrons. The minimum atomic E-state index is -1.04. The quantitative estimate of drug-likeness (QED) is 0.872. The van der Waals surface area contributed by atoms with E-state index in [1.807, 2.05) is 24.3 Å². The van der Waals surface area contributed by atoms with Crippen molar-refractivity contribution in [1.82, 2.24) is 0 Å². The monoisotopic (exact) mass is 278 g/mol. The van der Waals surface area contributed by atoms with Crippen LogP contribution < -0.4 is 0 Å². The Hall–Kier alpha value is -1.38.